The van der Waals surface area contributed by atoms with Gasteiger partial charge < -0.3 is 5.11 Å². The van der Waals surface area contributed by atoms with Crippen molar-refractivity contribution >= 4 is 23.2 Å². The van der Waals surface area contributed by atoms with Crippen molar-refractivity contribution in [1.82, 2.24) is 4.90 Å². The van der Waals surface area contributed by atoms with Gasteiger partial charge in [0.2, 0.25) is 0 Å². The molecular formula is C12H17Cl2NO. The molecular weight excluding hydrogens is 245 g/mol. The largest absolute Gasteiger partial charge is 0.394 e. The van der Waals surface area contributed by atoms with E-state index in [1.165, 1.54) is 0 Å². The number of aliphatic hydroxyl groups is 1. The molecule has 0 aliphatic heterocycles. The van der Waals surface area contributed by atoms with E-state index in [2.05, 4.69) is 0 Å². The molecule has 1 N–H and O–H groups in total. The minimum absolute atomic E-state index is 0.0989. The van der Waals surface area contributed by atoms with Crippen LogP contribution >= 0.6 is 23.2 Å². The fourth-order valence-electron chi connectivity index (χ4n) is 1.26. The maximum Gasteiger partial charge on any atom is 0.0637 e. The Labute approximate surface area is 107 Å². The molecule has 90 valence electrons. The topological polar surface area (TPSA) is 23.5 Å². The zero-order valence-corrected chi connectivity index (χ0v) is 11.3. The average Bonchev–Trinajstić information content (AvgIpc) is 2.24. The van der Waals surface area contributed by atoms with Crippen LogP contribution < -0.4 is 0 Å². The van der Waals surface area contributed by atoms with Gasteiger partial charge in [-0.2, -0.15) is 0 Å². The molecule has 0 saturated heterocycles. The average molecular weight is 262 g/mol. The molecule has 0 fully saturated rings. The Kier molecular flexibility index (Phi) is 4.62. The second-order valence-electron chi connectivity index (χ2n) is 4.54. The highest BCUT2D eigenvalue weighted by molar-refractivity contribution is 6.42. The standard InChI is InChI=1S/C12H17Cl2NO/c1-12(2,8-16)15(3)7-9-5-4-6-10(13)11(9)14/h4-6,16H,7-8H2,1-3H3. The molecule has 0 aromatic heterocycles. The Balaban J connectivity index is 2.85. The summed E-state index contributed by atoms with van der Waals surface area (Å²) in [7, 11) is 1.95. The highest BCUT2D eigenvalue weighted by Crippen LogP contribution is 2.27. The van der Waals surface area contributed by atoms with Gasteiger partial charge >= 0.3 is 0 Å². The predicted octanol–water partition coefficient (Wildman–Crippen LogP) is 3.20. The van der Waals surface area contributed by atoms with Crippen LogP contribution in [0.5, 0.6) is 0 Å². The molecule has 4 heteroatoms. The number of hydrogen-bond acceptors (Lipinski definition) is 2. The molecule has 0 bridgehead atoms. The third-order valence-electron chi connectivity index (χ3n) is 2.86. The second-order valence-corrected chi connectivity index (χ2v) is 5.32. The fraction of sp³-hybridized carbons (Fsp3) is 0.500. The molecule has 0 atom stereocenters. The highest BCUT2D eigenvalue weighted by atomic mass is 35.5. The lowest BCUT2D eigenvalue weighted by molar-refractivity contribution is 0.0734. The molecule has 0 saturated carbocycles. The van der Waals surface area contributed by atoms with E-state index in [9.17, 15) is 5.11 Å². The first-order chi connectivity index (χ1) is 7.38. The summed E-state index contributed by atoms with van der Waals surface area (Å²) >= 11 is 12.1. The van der Waals surface area contributed by atoms with E-state index in [1.807, 2.05) is 37.9 Å². The summed E-state index contributed by atoms with van der Waals surface area (Å²) in [5.74, 6) is 0. The Hall–Kier alpha value is -0.280. The third-order valence-corrected chi connectivity index (χ3v) is 3.72. The summed E-state index contributed by atoms with van der Waals surface area (Å²) in [4.78, 5) is 2.05. The monoisotopic (exact) mass is 261 g/mol. The number of benzene rings is 1. The van der Waals surface area contributed by atoms with Crippen LogP contribution in [0.1, 0.15) is 19.4 Å². The molecule has 1 aromatic rings. The van der Waals surface area contributed by atoms with Crippen LogP contribution in [0.4, 0.5) is 0 Å². The van der Waals surface area contributed by atoms with E-state index in [0.29, 0.717) is 16.6 Å². The van der Waals surface area contributed by atoms with Gasteiger partial charge in [-0.05, 0) is 32.5 Å². The van der Waals surface area contributed by atoms with Crippen molar-refractivity contribution in [1.29, 1.82) is 0 Å². The Morgan fingerprint density at radius 2 is 1.94 bits per heavy atom. The van der Waals surface area contributed by atoms with Crippen molar-refractivity contribution in [3.63, 3.8) is 0 Å². The SMILES string of the molecule is CN(Cc1cccc(Cl)c1Cl)C(C)(C)CO. The normalized spacial score (nSPS) is 12.2. The molecule has 1 rings (SSSR count). The van der Waals surface area contributed by atoms with Crippen LogP contribution in [0.2, 0.25) is 10.0 Å². The zero-order chi connectivity index (χ0) is 12.3. The Bertz CT molecular complexity index is 366. The molecule has 0 radical (unpaired) electrons. The van der Waals surface area contributed by atoms with Crippen molar-refractivity contribution in [2.75, 3.05) is 13.7 Å². The number of likely N-dealkylation sites (N-methyl/N-ethyl adjacent to an activating group) is 1. The van der Waals surface area contributed by atoms with Gasteiger partial charge in [-0.3, -0.25) is 4.90 Å². The van der Waals surface area contributed by atoms with Crippen molar-refractivity contribution in [3.8, 4) is 0 Å². The van der Waals surface area contributed by atoms with Gasteiger partial charge in [0.05, 0.1) is 16.7 Å². The van der Waals surface area contributed by atoms with Gasteiger partial charge in [-0.15, -0.1) is 0 Å². The molecule has 0 spiro atoms. The number of nitrogens with zero attached hydrogens (tertiary/aromatic N) is 1. The first-order valence-corrected chi connectivity index (χ1v) is 5.89. The highest BCUT2D eigenvalue weighted by Gasteiger charge is 2.23. The number of rotatable bonds is 4. The lowest BCUT2D eigenvalue weighted by Gasteiger charge is -2.34. The lowest BCUT2D eigenvalue weighted by Crippen LogP contribution is -2.43. The Morgan fingerprint density at radius 3 is 2.50 bits per heavy atom. The molecule has 0 unspecified atom stereocenters. The van der Waals surface area contributed by atoms with E-state index in [-0.39, 0.29) is 12.1 Å². The van der Waals surface area contributed by atoms with Crippen LogP contribution in [0.3, 0.4) is 0 Å². The number of aliphatic hydroxyl groups excluding tert-OH is 1. The maximum atomic E-state index is 9.27. The maximum absolute atomic E-state index is 9.27. The summed E-state index contributed by atoms with van der Waals surface area (Å²) in [6, 6.07) is 5.59. The van der Waals surface area contributed by atoms with E-state index in [0.717, 1.165) is 5.56 Å². The Morgan fingerprint density at radius 1 is 1.31 bits per heavy atom. The number of hydrogen-bond donors (Lipinski definition) is 1. The van der Waals surface area contributed by atoms with Crippen molar-refractivity contribution in [2.45, 2.75) is 25.9 Å². The molecule has 0 heterocycles. The van der Waals surface area contributed by atoms with Crippen molar-refractivity contribution < 1.29 is 5.11 Å². The first kappa shape index (κ1) is 13.8. The van der Waals surface area contributed by atoms with Gasteiger partial charge in [-0.25, -0.2) is 0 Å². The van der Waals surface area contributed by atoms with Crippen LogP contribution in [-0.4, -0.2) is 29.2 Å². The van der Waals surface area contributed by atoms with Gasteiger partial charge in [0.15, 0.2) is 0 Å². The summed E-state index contributed by atoms with van der Waals surface area (Å²) < 4.78 is 0. The van der Waals surface area contributed by atoms with Crippen LogP contribution in [0.15, 0.2) is 18.2 Å². The van der Waals surface area contributed by atoms with E-state index >= 15 is 0 Å². The van der Waals surface area contributed by atoms with Crippen LogP contribution in [0, 0.1) is 0 Å². The third kappa shape index (κ3) is 3.11. The summed E-state index contributed by atoms with van der Waals surface area (Å²) in [6.45, 7) is 4.71. The smallest absolute Gasteiger partial charge is 0.0637 e. The fourth-order valence-corrected chi connectivity index (χ4v) is 1.64. The second kappa shape index (κ2) is 5.37. The summed E-state index contributed by atoms with van der Waals surface area (Å²) in [5, 5.41) is 10.4. The van der Waals surface area contributed by atoms with E-state index in [1.54, 1.807) is 6.07 Å². The lowest BCUT2D eigenvalue weighted by atomic mass is 10.0. The van der Waals surface area contributed by atoms with Crippen molar-refractivity contribution in [3.05, 3.63) is 33.8 Å². The van der Waals surface area contributed by atoms with Crippen molar-refractivity contribution in [2.24, 2.45) is 0 Å². The zero-order valence-electron chi connectivity index (χ0n) is 9.80. The van der Waals surface area contributed by atoms with Gasteiger partial charge in [0.25, 0.3) is 0 Å². The quantitative estimate of drug-likeness (QED) is 0.900. The molecule has 1 aromatic carbocycles. The van der Waals surface area contributed by atoms with Gasteiger partial charge in [-0.1, -0.05) is 35.3 Å². The van der Waals surface area contributed by atoms with Crippen LogP contribution in [0.25, 0.3) is 0 Å². The summed E-state index contributed by atoms with van der Waals surface area (Å²) in [5.41, 5.74) is 0.698. The summed E-state index contributed by atoms with van der Waals surface area (Å²) in [6.07, 6.45) is 0. The molecule has 16 heavy (non-hydrogen) atoms. The molecule has 0 aliphatic carbocycles. The minimum atomic E-state index is -0.272. The first-order valence-electron chi connectivity index (χ1n) is 5.13. The molecule has 0 aliphatic rings. The van der Waals surface area contributed by atoms with E-state index < -0.39 is 0 Å². The van der Waals surface area contributed by atoms with Crippen LogP contribution in [-0.2, 0) is 6.54 Å². The van der Waals surface area contributed by atoms with Gasteiger partial charge in [0, 0.05) is 12.1 Å². The minimum Gasteiger partial charge on any atom is -0.394 e. The molecule has 2 nitrogen and oxygen atoms in total. The predicted molar refractivity (Wildman–Crippen MR) is 69.1 cm³/mol. The van der Waals surface area contributed by atoms with E-state index in [4.69, 9.17) is 23.2 Å². The number of halogens is 2. The van der Waals surface area contributed by atoms with Gasteiger partial charge in [0.1, 0.15) is 0 Å². The molecule has 0 amide bonds.